The van der Waals surface area contributed by atoms with Crippen LogP contribution in [-0.4, -0.2) is 17.4 Å². The van der Waals surface area contributed by atoms with Crippen LogP contribution < -0.4 is 5.32 Å². The van der Waals surface area contributed by atoms with E-state index in [0.29, 0.717) is 6.54 Å². The van der Waals surface area contributed by atoms with Gasteiger partial charge in [0.1, 0.15) is 0 Å². The summed E-state index contributed by atoms with van der Waals surface area (Å²) in [6, 6.07) is 14.4. The Morgan fingerprint density at radius 3 is 2.80 bits per heavy atom. The van der Waals surface area contributed by atoms with E-state index in [0.717, 1.165) is 16.6 Å². The first-order chi connectivity index (χ1) is 9.74. The monoisotopic (exact) mass is 262 g/mol. The standard InChI is InChI=1S/C17H14N2O/c1-12(20)18-10-4-5-13-8-9-15-14-6-2-3-7-16(14)19-17(15)11-13/h2-3,6-9,11,19H,10H2,1H3,(H,18,20). The lowest BCUT2D eigenvalue weighted by Gasteiger charge is -1.94. The Morgan fingerprint density at radius 1 is 1.15 bits per heavy atom. The predicted molar refractivity (Wildman–Crippen MR) is 81.4 cm³/mol. The van der Waals surface area contributed by atoms with Crippen molar-refractivity contribution in [3.8, 4) is 11.8 Å². The number of amides is 1. The van der Waals surface area contributed by atoms with Crippen LogP contribution in [0, 0.1) is 11.8 Å². The number of benzene rings is 2. The zero-order chi connectivity index (χ0) is 13.9. The normalized spacial score (nSPS) is 10.2. The number of H-pyrrole nitrogens is 1. The van der Waals surface area contributed by atoms with Crippen LogP contribution in [0.25, 0.3) is 21.8 Å². The van der Waals surface area contributed by atoms with Crippen molar-refractivity contribution in [1.29, 1.82) is 0 Å². The van der Waals surface area contributed by atoms with Crippen LogP contribution in [-0.2, 0) is 4.79 Å². The zero-order valence-electron chi connectivity index (χ0n) is 11.2. The minimum Gasteiger partial charge on any atom is -0.354 e. The second-order valence-electron chi connectivity index (χ2n) is 4.64. The first-order valence-corrected chi connectivity index (χ1v) is 6.48. The van der Waals surface area contributed by atoms with Crippen molar-refractivity contribution in [1.82, 2.24) is 10.3 Å². The summed E-state index contributed by atoms with van der Waals surface area (Å²) in [5, 5.41) is 5.08. The van der Waals surface area contributed by atoms with E-state index in [-0.39, 0.29) is 5.91 Å². The number of aromatic amines is 1. The molecule has 0 saturated heterocycles. The van der Waals surface area contributed by atoms with Crippen LogP contribution in [0.15, 0.2) is 42.5 Å². The maximum absolute atomic E-state index is 10.7. The molecule has 3 heteroatoms. The summed E-state index contributed by atoms with van der Waals surface area (Å²) in [7, 11) is 0. The molecule has 0 bridgehead atoms. The molecule has 3 aromatic rings. The smallest absolute Gasteiger partial charge is 0.217 e. The van der Waals surface area contributed by atoms with Crippen molar-refractivity contribution in [3.05, 3.63) is 48.0 Å². The maximum atomic E-state index is 10.7. The van der Waals surface area contributed by atoms with Crippen LogP contribution in [0.5, 0.6) is 0 Å². The van der Waals surface area contributed by atoms with Crippen LogP contribution in [0.2, 0.25) is 0 Å². The van der Waals surface area contributed by atoms with E-state index in [1.807, 2.05) is 24.3 Å². The number of fused-ring (bicyclic) bond motifs is 3. The number of rotatable bonds is 1. The van der Waals surface area contributed by atoms with Gasteiger partial charge in [-0.15, -0.1) is 0 Å². The molecular formula is C17H14N2O. The lowest BCUT2D eigenvalue weighted by Crippen LogP contribution is -2.19. The molecule has 0 aliphatic rings. The highest BCUT2D eigenvalue weighted by atomic mass is 16.1. The zero-order valence-corrected chi connectivity index (χ0v) is 11.2. The first-order valence-electron chi connectivity index (χ1n) is 6.48. The fourth-order valence-corrected chi connectivity index (χ4v) is 2.25. The van der Waals surface area contributed by atoms with Crippen molar-refractivity contribution in [2.24, 2.45) is 0 Å². The van der Waals surface area contributed by atoms with E-state index in [1.54, 1.807) is 0 Å². The van der Waals surface area contributed by atoms with Crippen molar-refractivity contribution in [2.75, 3.05) is 6.54 Å². The quantitative estimate of drug-likeness (QED) is 0.651. The molecule has 0 radical (unpaired) electrons. The number of nitrogens with one attached hydrogen (secondary N) is 2. The Morgan fingerprint density at radius 2 is 1.95 bits per heavy atom. The van der Waals surface area contributed by atoms with E-state index < -0.39 is 0 Å². The summed E-state index contributed by atoms with van der Waals surface area (Å²) in [5.41, 5.74) is 3.15. The van der Waals surface area contributed by atoms with E-state index in [4.69, 9.17) is 0 Å². The van der Waals surface area contributed by atoms with E-state index >= 15 is 0 Å². The third-order valence-electron chi connectivity index (χ3n) is 3.16. The average Bonchev–Trinajstić information content (AvgIpc) is 2.81. The third-order valence-corrected chi connectivity index (χ3v) is 3.16. The molecule has 2 aromatic carbocycles. The summed E-state index contributed by atoms with van der Waals surface area (Å²) in [6.07, 6.45) is 0. The van der Waals surface area contributed by atoms with Crippen molar-refractivity contribution in [3.63, 3.8) is 0 Å². The fourth-order valence-electron chi connectivity index (χ4n) is 2.25. The molecule has 3 nitrogen and oxygen atoms in total. The van der Waals surface area contributed by atoms with Gasteiger partial charge in [0.05, 0.1) is 6.54 Å². The van der Waals surface area contributed by atoms with Crippen molar-refractivity contribution >= 4 is 27.7 Å². The molecule has 1 heterocycles. The Hall–Kier alpha value is -2.73. The number of carbonyl (C=O) groups is 1. The predicted octanol–water partition coefficient (Wildman–Crippen LogP) is 2.81. The molecule has 1 amide bonds. The van der Waals surface area contributed by atoms with Gasteiger partial charge in [-0.25, -0.2) is 0 Å². The van der Waals surface area contributed by atoms with Crippen molar-refractivity contribution in [2.45, 2.75) is 6.92 Å². The van der Waals surface area contributed by atoms with Gasteiger partial charge < -0.3 is 10.3 Å². The lowest BCUT2D eigenvalue weighted by molar-refractivity contribution is -0.118. The number of hydrogen-bond acceptors (Lipinski definition) is 1. The second kappa shape index (κ2) is 5.10. The molecule has 3 rings (SSSR count). The van der Waals surface area contributed by atoms with Gasteiger partial charge in [-0.3, -0.25) is 4.79 Å². The van der Waals surface area contributed by atoms with E-state index in [9.17, 15) is 4.79 Å². The van der Waals surface area contributed by atoms with Gasteiger partial charge in [-0.1, -0.05) is 36.1 Å². The van der Waals surface area contributed by atoms with Gasteiger partial charge in [0.2, 0.25) is 5.91 Å². The first kappa shape index (κ1) is 12.3. The lowest BCUT2D eigenvalue weighted by atomic mass is 10.1. The van der Waals surface area contributed by atoms with Crippen LogP contribution in [0.3, 0.4) is 0 Å². The van der Waals surface area contributed by atoms with Gasteiger partial charge in [0.25, 0.3) is 0 Å². The molecule has 20 heavy (non-hydrogen) atoms. The maximum Gasteiger partial charge on any atom is 0.217 e. The summed E-state index contributed by atoms with van der Waals surface area (Å²) < 4.78 is 0. The van der Waals surface area contributed by atoms with Gasteiger partial charge in [-0.05, 0) is 18.2 Å². The van der Waals surface area contributed by atoms with Crippen LogP contribution >= 0.6 is 0 Å². The Labute approximate surface area is 117 Å². The third kappa shape index (κ3) is 2.36. The van der Waals surface area contributed by atoms with Crippen molar-refractivity contribution < 1.29 is 4.79 Å². The van der Waals surface area contributed by atoms with E-state index in [1.165, 1.54) is 17.7 Å². The van der Waals surface area contributed by atoms with Gasteiger partial charge in [0.15, 0.2) is 0 Å². The Bertz CT molecular complexity index is 849. The molecule has 0 unspecified atom stereocenters. The molecule has 0 aliphatic carbocycles. The summed E-state index contributed by atoms with van der Waals surface area (Å²) in [5.74, 6) is 5.92. The summed E-state index contributed by atoms with van der Waals surface area (Å²) in [4.78, 5) is 14.1. The highest BCUT2D eigenvalue weighted by Gasteiger charge is 2.02. The molecule has 0 aliphatic heterocycles. The number of carbonyl (C=O) groups excluding carboxylic acids is 1. The molecule has 0 saturated carbocycles. The Kier molecular flexibility index (Phi) is 3.14. The molecule has 0 spiro atoms. The SMILES string of the molecule is CC(=O)NCC#Cc1ccc2c(c1)[nH]c1ccccc12. The number of para-hydroxylation sites is 1. The number of aromatic nitrogens is 1. The fraction of sp³-hybridized carbons (Fsp3) is 0.118. The molecule has 0 fully saturated rings. The minimum absolute atomic E-state index is 0.0645. The molecule has 1 aromatic heterocycles. The van der Waals surface area contributed by atoms with E-state index in [2.05, 4.69) is 40.3 Å². The molecular weight excluding hydrogens is 248 g/mol. The summed E-state index contributed by atoms with van der Waals surface area (Å²) in [6.45, 7) is 1.86. The molecule has 2 N–H and O–H groups in total. The second-order valence-corrected chi connectivity index (χ2v) is 4.64. The summed E-state index contributed by atoms with van der Waals surface area (Å²) >= 11 is 0. The highest BCUT2D eigenvalue weighted by molar-refractivity contribution is 6.07. The largest absolute Gasteiger partial charge is 0.354 e. The Balaban J connectivity index is 1.94. The average molecular weight is 262 g/mol. The highest BCUT2D eigenvalue weighted by Crippen LogP contribution is 2.25. The van der Waals surface area contributed by atoms with Gasteiger partial charge in [0, 0.05) is 34.3 Å². The van der Waals surface area contributed by atoms with Gasteiger partial charge >= 0.3 is 0 Å². The van der Waals surface area contributed by atoms with Crippen LogP contribution in [0.1, 0.15) is 12.5 Å². The van der Waals surface area contributed by atoms with Crippen LogP contribution in [0.4, 0.5) is 0 Å². The molecule has 0 atom stereocenters. The number of hydrogen-bond donors (Lipinski definition) is 2. The molecule has 98 valence electrons. The topological polar surface area (TPSA) is 44.9 Å². The van der Waals surface area contributed by atoms with Gasteiger partial charge in [-0.2, -0.15) is 0 Å². The minimum atomic E-state index is -0.0645.